The zero-order chi connectivity index (χ0) is 12.3. The van der Waals surface area contributed by atoms with Gasteiger partial charge in [-0.2, -0.15) is 0 Å². The van der Waals surface area contributed by atoms with Gasteiger partial charge in [-0.1, -0.05) is 13.8 Å². The largest absolute Gasteiger partial charge is 0.382 e. The molecule has 0 radical (unpaired) electrons. The van der Waals surface area contributed by atoms with Crippen molar-refractivity contribution in [2.24, 2.45) is 5.92 Å². The van der Waals surface area contributed by atoms with Crippen LogP contribution in [-0.2, 0) is 18.9 Å². The van der Waals surface area contributed by atoms with E-state index < -0.39 is 5.60 Å². The Labute approximate surface area is 99.0 Å². The average Bonchev–Trinajstić information content (AvgIpc) is 2.51. The highest BCUT2D eigenvalue weighted by molar-refractivity contribution is 6.11. The summed E-state index contributed by atoms with van der Waals surface area (Å²) in [5, 5.41) is 0. The molecule has 0 spiro atoms. The van der Waals surface area contributed by atoms with Crippen LogP contribution in [0.15, 0.2) is 0 Å². The van der Waals surface area contributed by atoms with Crippen LogP contribution >= 0.6 is 0 Å². The second kappa shape index (κ2) is 5.49. The van der Waals surface area contributed by atoms with Crippen LogP contribution in [0.5, 0.6) is 0 Å². The van der Waals surface area contributed by atoms with E-state index in [2.05, 4.69) is 13.8 Å². The molecule has 0 aromatic carbocycles. The first-order valence-electron chi connectivity index (χ1n) is 5.75. The highest BCUT2D eigenvalue weighted by Gasteiger charge is 2.56. The molecular weight excluding hydrogens is 207 g/mol. The first-order chi connectivity index (χ1) is 7.53. The summed E-state index contributed by atoms with van der Waals surface area (Å²) in [6.45, 7) is 4.76. The number of methoxy groups -OCH3 is 3. The first kappa shape index (κ1) is 14.0. The second-order valence-electron chi connectivity index (χ2n) is 4.72. The third kappa shape index (κ3) is 2.14. The van der Waals surface area contributed by atoms with Crippen LogP contribution in [0.25, 0.3) is 0 Å². The van der Waals surface area contributed by atoms with Gasteiger partial charge in [-0.15, -0.1) is 0 Å². The number of ether oxygens (including phenoxy) is 4. The van der Waals surface area contributed by atoms with E-state index in [0.29, 0.717) is 12.5 Å². The quantitative estimate of drug-likeness (QED) is 0.625. The monoisotopic (exact) mass is 230 g/mol. The molecule has 1 saturated heterocycles. The summed E-state index contributed by atoms with van der Waals surface area (Å²) in [7, 11) is 7.09. The van der Waals surface area contributed by atoms with Crippen molar-refractivity contribution in [1.82, 2.24) is 0 Å². The van der Waals surface area contributed by atoms with Crippen molar-refractivity contribution < 1.29 is 18.9 Å². The van der Waals surface area contributed by atoms with E-state index >= 15 is 0 Å². The fraction of sp³-hybridized carbons (Fsp3) is 1.00. The molecule has 0 aliphatic carbocycles. The van der Waals surface area contributed by atoms with Crippen LogP contribution in [0.1, 0.15) is 13.8 Å². The third-order valence-electron chi connectivity index (χ3n) is 3.52. The van der Waals surface area contributed by atoms with Gasteiger partial charge in [-0.25, -0.2) is 0 Å². The van der Waals surface area contributed by atoms with Crippen molar-refractivity contribution in [3.05, 3.63) is 0 Å². The lowest BCUT2D eigenvalue weighted by molar-refractivity contribution is -0.145. The molecule has 1 aliphatic rings. The minimum atomic E-state index is -0.413. The van der Waals surface area contributed by atoms with E-state index in [1.807, 2.05) is 7.85 Å². The van der Waals surface area contributed by atoms with Gasteiger partial charge in [0.15, 0.2) is 0 Å². The summed E-state index contributed by atoms with van der Waals surface area (Å²) in [5.41, 5.74) is -0.413. The minimum Gasteiger partial charge on any atom is -0.382 e. The maximum absolute atomic E-state index is 6.08. The average molecular weight is 230 g/mol. The van der Waals surface area contributed by atoms with Gasteiger partial charge in [0.1, 0.15) is 25.7 Å². The van der Waals surface area contributed by atoms with Crippen LogP contribution in [-0.4, -0.2) is 59.6 Å². The summed E-state index contributed by atoms with van der Waals surface area (Å²) in [6, 6.07) is 0.0208. The highest BCUT2D eigenvalue weighted by atomic mass is 16.6. The van der Waals surface area contributed by atoms with Gasteiger partial charge >= 0.3 is 0 Å². The predicted molar refractivity (Wildman–Crippen MR) is 64.5 cm³/mol. The summed E-state index contributed by atoms with van der Waals surface area (Å²) >= 11 is 0. The third-order valence-corrected chi connectivity index (χ3v) is 3.52. The second-order valence-corrected chi connectivity index (χ2v) is 4.72. The molecule has 0 bridgehead atoms. The summed E-state index contributed by atoms with van der Waals surface area (Å²) in [4.78, 5) is 0. The predicted octanol–water partition coefficient (Wildman–Crippen LogP) is 0.0470. The molecule has 4 atom stereocenters. The van der Waals surface area contributed by atoms with E-state index in [9.17, 15) is 0 Å². The van der Waals surface area contributed by atoms with Gasteiger partial charge in [-0.3, -0.25) is 0 Å². The van der Waals surface area contributed by atoms with E-state index in [-0.39, 0.29) is 18.2 Å². The summed E-state index contributed by atoms with van der Waals surface area (Å²) in [6.07, 6.45) is -0.130. The van der Waals surface area contributed by atoms with Crippen LogP contribution in [0.4, 0.5) is 0 Å². The van der Waals surface area contributed by atoms with Crippen molar-refractivity contribution in [3.63, 3.8) is 0 Å². The first-order valence-corrected chi connectivity index (χ1v) is 5.75. The molecular formula is C11H23BO4. The molecule has 1 heterocycles. The molecule has 1 rings (SSSR count). The van der Waals surface area contributed by atoms with Gasteiger partial charge in [-0.05, 0) is 5.92 Å². The Bertz CT molecular complexity index is 224. The Hall–Kier alpha value is -0.0951. The van der Waals surface area contributed by atoms with Gasteiger partial charge in [0.2, 0.25) is 0 Å². The molecule has 0 amide bonds. The highest BCUT2D eigenvalue weighted by Crippen LogP contribution is 2.39. The number of rotatable bonds is 5. The molecule has 0 saturated carbocycles. The Morgan fingerprint density at radius 1 is 1.25 bits per heavy atom. The van der Waals surface area contributed by atoms with Crippen molar-refractivity contribution >= 4 is 7.85 Å². The lowest BCUT2D eigenvalue weighted by Crippen LogP contribution is -2.52. The normalized spacial score (nSPS) is 39.5. The van der Waals surface area contributed by atoms with Crippen LogP contribution < -0.4 is 0 Å². The van der Waals surface area contributed by atoms with E-state index in [1.54, 1.807) is 21.3 Å². The van der Waals surface area contributed by atoms with Crippen molar-refractivity contribution in [1.29, 1.82) is 0 Å². The Balaban J connectivity index is 2.99. The van der Waals surface area contributed by atoms with Crippen LogP contribution in [0.3, 0.4) is 0 Å². The molecule has 16 heavy (non-hydrogen) atoms. The molecule has 94 valence electrons. The number of hydrogen-bond donors (Lipinski definition) is 0. The van der Waals surface area contributed by atoms with E-state index in [0.717, 1.165) is 0 Å². The number of hydrogen-bond acceptors (Lipinski definition) is 4. The maximum atomic E-state index is 6.08. The SMILES string of the molecule is B[C@@H]1O[C@@](COC)(C(C)C)[C@@H](OC)[C@H]1OC. The maximum Gasteiger partial charge on any atom is 0.142 e. The summed E-state index contributed by atoms with van der Waals surface area (Å²) < 4.78 is 22.4. The Morgan fingerprint density at radius 3 is 2.25 bits per heavy atom. The van der Waals surface area contributed by atoms with Gasteiger partial charge in [0.05, 0.1) is 12.6 Å². The smallest absolute Gasteiger partial charge is 0.142 e. The van der Waals surface area contributed by atoms with E-state index in [1.165, 1.54) is 0 Å². The van der Waals surface area contributed by atoms with Crippen molar-refractivity contribution in [2.45, 2.75) is 37.7 Å². The van der Waals surface area contributed by atoms with Crippen LogP contribution in [0.2, 0.25) is 0 Å². The minimum absolute atomic E-state index is 0.0208. The molecule has 0 aromatic heterocycles. The van der Waals surface area contributed by atoms with Crippen molar-refractivity contribution in [3.8, 4) is 0 Å². The van der Waals surface area contributed by atoms with Crippen molar-refractivity contribution in [2.75, 3.05) is 27.9 Å². The zero-order valence-electron chi connectivity index (χ0n) is 11.1. The Morgan fingerprint density at radius 2 is 1.88 bits per heavy atom. The molecule has 1 aliphatic heterocycles. The Kier molecular flexibility index (Phi) is 4.80. The van der Waals surface area contributed by atoms with Gasteiger partial charge < -0.3 is 18.9 Å². The van der Waals surface area contributed by atoms with E-state index in [4.69, 9.17) is 18.9 Å². The molecule has 0 N–H and O–H groups in total. The fourth-order valence-electron chi connectivity index (χ4n) is 2.63. The van der Waals surface area contributed by atoms with Gasteiger partial charge in [0, 0.05) is 21.3 Å². The standard InChI is InChI=1S/C11H23BO4/c1-7(2)11(6-13-3)9(15-5)8(14-4)10(12)16-11/h7-10H,6,12H2,1-5H3/t8-,9+,10-,11+/m1/s1. The molecule has 0 aromatic rings. The molecule has 1 fully saturated rings. The molecule has 5 heteroatoms. The molecule has 4 nitrogen and oxygen atoms in total. The van der Waals surface area contributed by atoms with Gasteiger partial charge in [0.25, 0.3) is 0 Å². The lowest BCUT2D eigenvalue weighted by Gasteiger charge is -2.37. The topological polar surface area (TPSA) is 36.9 Å². The fourth-order valence-corrected chi connectivity index (χ4v) is 2.63. The lowest BCUT2D eigenvalue weighted by atomic mass is 9.83. The van der Waals surface area contributed by atoms with Crippen LogP contribution in [0, 0.1) is 5.92 Å². The zero-order valence-corrected chi connectivity index (χ0v) is 11.1. The summed E-state index contributed by atoms with van der Waals surface area (Å²) in [5.74, 6) is 0.306. The molecule has 0 unspecified atom stereocenters.